The second-order valence-corrected chi connectivity index (χ2v) is 11.6. The van der Waals surface area contributed by atoms with E-state index in [1.54, 1.807) is 25.1 Å². The van der Waals surface area contributed by atoms with E-state index in [0.29, 0.717) is 11.1 Å². The summed E-state index contributed by atoms with van der Waals surface area (Å²) < 4.78 is 49.5. The minimum Gasteiger partial charge on any atom is -0.491 e. The smallest absolute Gasteiger partial charge is 0.201 e. The van der Waals surface area contributed by atoms with Gasteiger partial charge in [0.15, 0.2) is 11.6 Å². The molecule has 0 aromatic heterocycles. The fourth-order valence-electron chi connectivity index (χ4n) is 6.79. The van der Waals surface area contributed by atoms with Crippen molar-refractivity contribution in [2.75, 3.05) is 6.61 Å². The standard InChI is InChI=1S/C37H41F3O/c1-3-5-6-7-25-8-10-26(11-9-25)27-12-16-29(17-13-27)32-21-20-31(24-34(32)38)28-14-18-30(19-15-28)33-22-23-35(41-4-2)37(40)36(33)39/h3,5,14-16,18-27H,4,6-13,17H2,1-2H3/b5-3+. The molecule has 2 aliphatic carbocycles. The van der Waals surface area contributed by atoms with Gasteiger partial charge in [-0.1, -0.05) is 67.5 Å². The Morgan fingerprint density at radius 1 is 0.780 bits per heavy atom. The van der Waals surface area contributed by atoms with Gasteiger partial charge in [0, 0.05) is 11.1 Å². The molecule has 4 heteroatoms. The molecule has 0 bridgehead atoms. The van der Waals surface area contributed by atoms with Crippen molar-refractivity contribution in [2.24, 2.45) is 17.8 Å². The lowest BCUT2D eigenvalue weighted by Gasteiger charge is -2.35. The van der Waals surface area contributed by atoms with Crippen LogP contribution in [0.2, 0.25) is 0 Å². The van der Waals surface area contributed by atoms with Crippen LogP contribution >= 0.6 is 0 Å². The van der Waals surface area contributed by atoms with Gasteiger partial charge in [0.2, 0.25) is 5.82 Å². The Bertz CT molecular complexity index is 1380. The van der Waals surface area contributed by atoms with Crippen molar-refractivity contribution in [3.8, 4) is 28.0 Å². The number of hydrogen-bond acceptors (Lipinski definition) is 1. The largest absolute Gasteiger partial charge is 0.491 e. The monoisotopic (exact) mass is 558 g/mol. The van der Waals surface area contributed by atoms with Gasteiger partial charge in [-0.2, -0.15) is 4.39 Å². The molecule has 0 amide bonds. The first-order valence-electron chi connectivity index (χ1n) is 15.3. The highest BCUT2D eigenvalue weighted by atomic mass is 19.2. The first-order valence-corrected chi connectivity index (χ1v) is 15.3. The number of allylic oxidation sites excluding steroid dienone is 4. The van der Waals surface area contributed by atoms with E-state index in [2.05, 4.69) is 25.2 Å². The Morgan fingerprint density at radius 3 is 2.15 bits per heavy atom. The summed E-state index contributed by atoms with van der Waals surface area (Å²) in [6.45, 7) is 4.08. The van der Waals surface area contributed by atoms with Crippen molar-refractivity contribution in [1.29, 1.82) is 0 Å². The quantitative estimate of drug-likeness (QED) is 0.237. The minimum absolute atomic E-state index is 0.0946. The van der Waals surface area contributed by atoms with Gasteiger partial charge in [-0.15, -0.1) is 0 Å². The van der Waals surface area contributed by atoms with Crippen LogP contribution in [0, 0.1) is 35.2 Å². The molecule has 41 heavy (non-hydrogen) atoms. The third kappa shape index (κ3) is 6.80. The van der Waals surface area contributed by atoms with Crippen LogP contribution in [0.25, 0.3) is 27.8 Å². The van der Waals surface area contributed by atoms with E-state index in [4.69, 9.17) is 4.74 Å². The molecule has 1 atom stereocenters. The summed E-state index contributed by atoms with van der Waals surface area (Å²) in [5, 5.41) is 0. The van der Waals surface area contributed by atoms with E-state index in [0.717, 1.165) is 53.7 Å². The number of benzene rings is 3. The summed E-state index contributed by atoms with van der Waals surface area (Å²) in [6.07, 6.45) is 17.8. The average Bonchev–Trinajstić information content (AvgIpc) is 3.00. The third-order valence-corrected chi connectivity index (χ3v) is 9.18. The lowest BCUT2D eigenvalue weighted by Crippen LogP contribution is -2.23. The molecule has 0 saturated heterocycles. The minimum atomic E-state index is -0.988. The summed E-state index contributed by atoms with van der Waals surface area (Å²) in [4.78, 5) is 0. The van der Waals surface area contributed by atoms with Gasteiger partial charge in [-0.05, 0) is 117 Å². The predicted molar refractivity (Wildman–Crippen MR) is 163 cm³/mol. The second kappa shape index (κ2) is 13.6. The third-order valence-electron chi connectivity index (χ3n) is 9.18. The fourth-order valence-corrected chi connectivity index (χ4v) is 6.79. The molecule has 0 heterocycles. The predicted octanol–water partition coefficient (Wildman–Crippen LogP) is 11.2. The van der Waals surface area contributed by atoms with Crippen LogP contribution < -0.4 is 4.74 Å². The lowest BCUT2D eigenvalue weighted by molar-refractivity contribution is 0.190. The molecule has 2 aliphatic rings. The maximum Gasteiger partial charge on any atom is 0.201 e. The van der Waals surface area contributed by atoms with E-state index in [9.17, 15) is 8.78 Å². The highest BCUT2D eigenvalue weighted by molar-refractivity contribution is 5.74. The van der Waals surface area contributed by atoms with E-state index < -0.39 is 11.6 Å². The molecule has 5 rings (SSSR count). The van der Waals surface area contributed by atoms with Crippen molar-refractivity contribution in [3.05, 3.63) is 95.8 Å². The maximum absolute atomic E-state index is 15.3. The summed E-state index contributed by atoms with van der Waals surface area (Å²) in [5.74, 6) is 0.198. The highest BCUT2D eigenvalue weighted by Gasteiger charge is 2.29. The zero-order chi connectivity index (χ0) is 28.8. The van der Waals surface area contributed by atoms with E-state index in [1.807, 2.05) is 24.3 Å². The molecule has 1 nitrogen and oxygen atoms in total. The van der Waals surface area contributed by atoms with Crippen LogP contribution in [0.3, 0.4) is 0 Å². The zero-order valence-corrected chi connectivity index (χ0v) is 24.3. The Kier molecular flexibility index (Phi) is 9.69. The number of ether oxygens (including phenoxy) is 1. The maximum atomic E-state index is 15.3. The molecule has 0 spiro atoms. The molecular weight excluding hydrogens is 517 g/mol. The van der Waals surface area contributed by atoms with Crippen molar-refractivity contribution in [3.63, 3.8) is 0 Å². The normalized spacial score (nSPS) is 21.2. The molecular formula is C37H41F3O. The summed E-state index contributed by atoms with van der Waals surface area (Å²) in [6, 6.07) is 15.5. The van der Waals surface area contributed by atoms with Gasteiger partial charge >= 0.3 is 0 Å². The van der Waals surface area contributed by atoms with Crippen LogP contribution in [0.4, 0.5) is 13.2 Å². The van der Waals surface area contributed by atoms with Crippen molar-refractivity contribution < 1.29 is 17.9 Å². The zero-order valence-electron chi connectivity index (χ0n) is 24.3. The van der Waals surface area contributed by atoms with Gasteiger partial charge in [0.05, 0.1) is 6.61 Å². The number of rotatable bonds is 9. The van der Waals surface area contributed by atoms with Crippen LogP contribution in [0.15, 0.2) is 72.8 Å². The molecule has 1 saturated carbocycles. The van der Waals surface area contributed by atoms with Gasteiger partial charge in [0.25, 0.3) is 0 Å². The Balaban J connectivity index is 1.21. The van der Waals surface area contributed by atoms with Gasteiger partial charge < -0.3 is 4.74 Å². The first kappa shape index (κ1) is 29.2. The number of halogens is 3. The Morgan fingerprint density at radius 2 is 1.49 bits per heavy atom. The van der Waals surface area contributed by atoms with E-state index in [1.165, 1.54) is 50.7 Å². The topological polar surface area (TPSA) is 9.23 Å². The van der Waals surface area contributed by atoms with Crippen molar-refractivity contribution >= 4 is 5.57 Å². The molecule has 216 valence electrons. The molecule has 0 aliphatic heterocycles. The second-order valence-electron chi connectivity index (χ2n) is 11.6. The SMILES string of the molecule is C/C=C/CCC1CCC(C2CC=C(c3ccc(-c4ccc(-c5ccc(OCC)c(F)c5F)cc4)cc3F)CC2)CC1. The van der Waals surface area contributed by atoms with Crippen LogP contribution in [-0.4, -0.2) is 6.61 Å². The first-order chi connectivity index (χ1) is 20.0. The molecule has 3 aromatic carbocycles. The summed E-state index contributed by atoms with van der Waals surface area (Å²) in [7, 11) is 0. The summed E-state index contributed by atoms with van der Waals surface area (Å²) in [5.41, 5.74) is 4.12. The average molecular weight is 559 g/mol. The van der Waals surface area contributed by atoms with Gasteiger partial charge in [0.1, 0.15) is 5.82 Å². The Hall–Kier alpha value is -3.27. The molecule has 0 radical (unpaired) electrons. The van der Waals surface area contributed by atoms with Gasteiger partial charge in [-0.3, -0.25) is 0 Å². The van der Waals surface area contributed by atoms with Crippen molar-refractivity contribution in [2.45, 2.75) is 71.6 Å². The van der Waals surface area contributed by atoms with Gasteiger partial charge in [-0.25, -0.2) is 8.78 Å². The summed E-state index contributed by atoms with van der Waals surface area (Å²) >= 11 is 0. The number of hydrogen-bond donors (Lipinski definition) is 0. The van der Waals surface area contributed by atoms with Crippen LogP contribution in [0.5, 0.6) is 5.75 Å². The lowest BCUT2D eigenvalue weighted by atomic mass is 9.70. The van der Waals surface area contributed by atoms with E-state index >= 15 is 4.39 Å². The molecule has 3 aromatic rings. The van der Waals surface area contributed by atoms with E-state index in [-0.39, 0.29) is 23.7 Å². The van der Waals surface area contributed by atoms with Crippen molar-refractivity contribution in [1.82, 2.24) is 0 Å². The van der Waals surface area contributed by atoms with Crippen LogP contribution in [-0.2, 0) is 0 Å². The fraction of sp³-hybridized carbons (Fsp3) is 0.405. The Labute approximate surface area is 243 Å². The molecule has 1 fully saturated rings. The van der Waals surface area contributed by atoms with Crippen LogP contribution in [0.1, 0.15) is 77.2 Å². The molecule has 0 N–H and O–H groups in total. The highest BCUT2D eigenvalue weighted by Crippen LogP contribution is 2.42. The molecule has 1 unspecified atom stereocenters.